The fourth-order valence-electron chi connectivity index (χ4n) is 1.52. The highest BCUT2D eigenvalue weighted by Gasteiger charge is 2.30. The summed E-state index contributed by atoms with van der Waals surface area (Å²) in [6, 6.07) is 4.65. The molecule has 0 aromatic heterocycles. The highest BCUT2D eigenvalue weighted by Crippen LogP contribution is 2.29. The van der Waals surface area contributed by atoms with Gasteiger partial charge in [0.05, 0.1) is 17.6 Å². The quantitative estimate of drug-likeness (QED) is 0.875. The summed E-state index contributed by atoms with van der Waals surface area (Å²) in [5.41, 5.74) is -1.50. The molecule has 0 saturated heterocycles. The fourth-order valence-corrected chi connectivity index (χ4v) is 1.52. The van der Waals surface area contributed by atoms with E-state index in [1.807, 2.05) is 0 Å². The second-order valence-corrected chi connectivity index (χ2v) is 5.00. The molecule has 0 saturated carbocycles. The van der Waals surface area contributed by atoms with Crippen LogP contribution in [0.25, 0.3) is 0 Å². The van der Waals surface area contributed by atoms with Gasteiger partial charge in [0.1, 0.15) is 0 Å². The molecule has 0 aliphatic heterocycles. The summed E-state index contributed by atoms with van der Waals surface area (Å²) in [4.78, 5) is 11.6. The van der Waals surface area contributed by atoms with Gasteiger partial charge in [0.2, 0.25) is 5.91 Å². The molecule has 1 rings (SSSR count). The number of alkyl halides is 3. The maximum atomic E-state index is 12.5. The van der Waals surface area contributed by atoms with Crippen LogP contribution in [0.5, 0.6) is 0 Å². The van der Waals surface area contributed by atoms with E-state index in [2.05, 4.69) is 5.32 Å². The SMILES string of the molecule is CCC(C)(O)CNC(=O)Cc1cccc(C(F)(F)F)c1. The molecule has 1 unspecified atom stereocenters. The van der Waals surface area contributed by atoms with E-state index < -0.39 is 23.2 Å². The van der Waals surface area contributed by atoms with Crippen LogP contribution >= 0.6 is 0 Å². The lowest BCUT2D eigenvalue weighted by molar-refractivity contribution is -0.137. The Bertz CT molecular complexity index is 470. The van der Waals surface area contributed by atoms with Crippen molar-refractivity contribution in [3.63, 3.8) is 0 Å². The molecule has 0 aliphatic rings. The van der Waals surface area contributed by atoms with Gasteiger partial charge in [0.15, 0.2) is 0 Å². The highest BCUT2D eigenvalue weighted by molar-refractivity contribution is 5.78. The Labute approximate surface area is 115 Å². The minimum Gasteiger partial charge on any atom is -0.388 e. The van der Waals surface area contributed by atoms with Gasteiger partial charge in [-0.1, -0.05) is 25.1 Å². The van der Waals surface area contributed by atoms with Crippen molar-refractivity contribution in [2.24, 2.45) is 0 Å². The van der Waals surface area contributed by atoms with Crippen molar-refractivity contribution in [2.45, 2.75) is 38.5 Å². The second-order valence-electron chi connectivity index (χ2n) is 5.00. The summed E-state index contributed by atoms with van der Waals surface area (Å²) in [5, 5.41) is 12.2. The van der Waals surface area contributed by atoms with Crippen LogP contribution in [0.15, 0.2) is 24.3 Å². The van der Waals surface area contributed by atoms with E-state index in [1.54, 1.807) is 13.8 Å². The standard InChI is InChI=1S/C14H18F3NO2/c1-3-13(2,20)9-18-12(19)8-10-5-4-6-11(7-10)14(15,16)17/h4-7,20H,3,8-9H2,1-2H3,(H,18,19). The molecule has 20 heavy (non-hydrogen) atoms. The van der Waals surface area contributed by atoms with Crippen LogP contribution in [-0.4, -0.2) is 23.2 Å². The first-order valence-electron chi connectivity index (χ1n) is 6.29. The van der Waals surface area contributed by atoms with Gasteiger partial charge in [-0.3, -0.25) is 4.79 Å². The summed E-state index contributed by atoms with van der Waals surface area (Å²) in [6.07, 6.45) is -4.10. The topological polar surface area (TPSA) is 49.3 Å². The van der Waals surface area contributed by atoms with Crippen molar-refractivity contribution < 1.29 is 23.1 Å². The lowest BCUT2D eigenvalue weighted by Gasteiger charge is -2.21. The zero-order chi connectivity index (χ0) is 15.4. The van der Waals surface area contributed by atoms with Gasteiger partial charge in [0.25, 0.3) is 0 Å². The Hall–Kier alpha value is -1.56. The van der Waals surface area contributed by atoms with Gasteiger partial charge in [-0.25, -0.2) is 0 Å². The normalized spacial score (nSPS) is 14.7. The Balaban J connectivity index is 2.63. The van der Waals surface area contributed by atoms with Gasteiger partial charge < -0.3 is 10.4 Å². The van der Waals surface area contributed by atoms with E-state index >= 15 is 0 Å². The molecule has 6 heteroatoms. The van der Waals surface area contributed by atoms with Crippen molar-refractivity contribution in [1.82, 2.24) is 5.32 Å². The molecule has 1 amide bonds. The predicted molar refractivity (Wildman–Crippen MR) is 69.1 cm³/mol. The Morgan fingerprint density at radius 1 is 1.35 bits per heavy atom. The molecule has 0 radical (unpaired) electrons. The predicted octanol–water partition coefficient (Wildman–Crippen LogP) is 2.53. The number of benzene rings is 1. The fraction of sp³-hybridized carbons (Fsp3) is 0.500. The van der Waals surface area contributed by atoms with Gasteiger partial charge in [0, 0.05) is 6.54 Å². The van der Waals surface area contributed by atoms with E-state index in [4.69, 9.17) is 0 Å². The van der Waals surface area contributed by atoms with Crippen molar-refractivity contribution in [2.75, 3.05) is 6.54 Å². The first-order valence-corrected chi connectivity index (χ1v) is 6.29. The monoisotopic (exact) mass is 289 g/mol. The Kier molecular flexibility index (Phi) is 5.16. The number of halogens is 3. The van der Waals surface area contributed by atoms with Crippen LogP contribution in [0.3, 0.4) is 0 Å². The molecule has 3 nitrogen and oxygen atoms in total. The molecule has 0 aliphatic carbocycles. The first-order chi connectivity index (χ1) is 9.14. The van der Waals surface area contributed by atoms with Crippen LogP contribution in [-0.2, 0) is 17.4 Å². The number of nitrogens with one attached hydrogen (secondary N) is 1. The summed E-state index contributed by atoms with van der Waals surface area (Å²) in [5.74, 6) is -0.418. The Morgan fingerprint density at radius 2 is 2.00 bits per heavy atom. The van der Waals surface area contributed by atoms with Crippen molar-refractivity contribution in [3.05, 3.63) is 35.4 Å². The van der Waals surface area contributed by atoms with Crippen LogP contribution in [0.1, 0.15) is 31.4 Å². The molecule has 0 spiro atoms. The molecule has 0 fully saturated rings. The number of hydrogen-bond acceptors (Lipinski definition) is 2. The summed E-state index contributed by atoms with van der Waals surface area (Å²) < 4.78 is 37.6. The molecule has 1 aromatic rings. The van der Waals surface area contributed by atoms with E-state index in [0.717, 1.165) is 12.1 Å². The molecular formula is C14H18F3NO2. The number of aliphatic hydroxyl groups is 1. The van der Waals surface area contributed by atoms with Crippen molar-refractivity contribution >= 4 is 5.91 Å². The maximum absolute atomic E-state index is 12.5. The third-order valence-corrected chi connectivity index (χ3v) is 3.05. The summed E-state index contributed by atoms with van der Waals surface area (Å²) in [6.45, 7) is 3.43. The van der Waals surface area contributed by atoms with Crippen molar-refractivity contribution in [1.29, 1.82) is 0 Å². The highest BCUT2D eigenvalue weighted by atomic mass is 19.4. The van der Waals surface area contributed by atoms with Crippen LogP contribution in [0.4, 0.5) is 13.2 Å². The molecule has 0 heterocycles. The minimum absolute atomic E-state index is 0.0707. The minimum atomic E-state index is -4.42. The molecule has 1 atom stereocenters. The average molecular weight is 289 g/mol. The van der Waals surface area contributed by atoms with Crippen molar-refractivity contribution in [3.8, 4) is 0 Å². The Morgan fingerprint density at radius 3 is 2.55 bits per heavy atom. The zero-order valence-electron chi connectivity index (χ0n) is 11.4. The van der Waals surface area contributed by atoms with E-state index in [9.17, 15) is 23.1 Å². The second kappa shape index (κ2) is 6.26. The summed E-state index contributed by atoms with van der Waals surface area (Å²) >= 11 is 0. The van der Waals surface area contributed by atoms with Gasteiger partial charge in [-0.2, -0.15) is 13.2 Å². The van der Waals surface area contributed by atoms with Crippen LogP contribution in [0, 0.1) is 0 Å². The number of rotatable bonds is 5. The lowest BCUT2D eigenvalue weighted by Crippen LogP contribution is -2.40. The van der Waals surface area contributed by atoms with Crippen LogP contribution < -0.4 is 5.32 Å². The maximum Gasteiger partial charge on any atom is 0.416 e. The smallest absolute Gasteiger partial charge is 0.388 e. The number of carbonyl (C=O) groups is 1. The molecule has 0 bridgehead atoms. The van der Waals surface area contributed by atoms with Gasteiger partial charge >= 0.3 is 6.18 Å². The van der Waals surface area contributed by atoms with E-state index in [0.29, 0.717) is 6.42 Å². The molecule has 112 valence electrons. The first kappa shape index (κ1) is 16.5. The zero-order valence-corrected chi connectivity index (χ0v) is 11.4. The third kappa shape index (κ3) is 5.21. The van der Waals surface area contributed by atoms with Crippen LogP contribution in [0.2, 0.25) is 0 Å². The van der Waals surface area contributed by atoms with Gasteiger partial charge in [-0.05, 0) is 25.0 Å². The van der Waals surface area contributed by atoms with E-state index in [-0.39, 0.29) is 18.5 Å². The third-order valence-electron chi connectivity index (χ3n) is 3.05. The number of carbonyl (C=O) groups excluding carboxylic acids is 1. The molecular weight excluding hydrogens is 271 g/mol. The molecule has 1 aromatic carbocycles. The van der Waals surface area contributed by atoms with Gasteiger partial charge in [-0.15, -0.1) is 0 Å². The van der Waals surface area contributed by atoms with E-state index in [1.165, 1.54) is 12.1 Å². The largest absolute Gasteiger partial charge is 0.416 e. The number of hydrogen-bond donors (Lipinski definition) is 2. The summed E-state index contributed by atoms with van der Waals surface area (Å²) in [7, 11) is 0. The number of amides is 1. The molecule has 2 N–H and O–H groups in total. The lowest BCUT2D eigenvalue weighted by atomic mass is 10.0. The average Bonchev–Trinajstić information content (AvgIpc) is 2.36.